The maximum atomic E-state index is 11.7. The van der Waals surface area contributed by atoms with Crippen molar-refractivity contribution < 1.29 is 9.53 Å². The zero-order valence-electron chi connectivity index (χ0n) is 11.0. The van der Waals surface area contributed by atoms with E-state index in [-0.39, 0.29) is 5.91 Å². The number of aromatic nitrogens is 2. The Kier molecular flexibility index (Phi) is 4.52. The van der Waals surface area contributed by atoms with Gasteiger partial charge in [-0.1, -0.05) is 15.9 Å². The van der Waals surface area contributed by atoms with E-state index in [1.807, 2.05) is 18.2 Å². The molecule has 0 aliphatic rings. The van der Waals surface area contributed by atoms with E-state index in [0.29, 0.717) is 11.4 Å². The zero-order chi connectivity index (χ0) is 14.5. The molecule has 0 radical (unpaired) electrons. The molecule has 0 aliphatic carbocycles. The van der Waals surface area contributed by atoms with Crippen LogP contribution in [0.25, 0.3) is 0 Å². The summed E-state index contributed by atoms with van der Waals surface area (Å²) in [4.78, 5) is 11.7. The molecule has 6 nitrogen and oxygen atoms in total. The summed E-state index contributed by atoms with van der Waals surface area (Å²) in [5.41, 5.74) is 3.48. The van der Waals surface area contributed by atoms with E-state index in [1.165, 1.54) is 6.21 Å². The first-order valence-corrected chi connectivity index (χ1v) is 6.56. The van der Waals surface area contributed by atoms with Gasteiger partial charge in [0.1, 0.15) is 5.75 Å². The maximum Gasteiger partial charge on any atom is 0.291 e. The molecule has 0 saturated carbocycles. The van der Waals surface area contributed by atoms with E-state index in [1.54, 1.807) is 31.1 Å². The summed E-state index contributed by atoms with van der Waals surface area (Å²) in [5.74, 6) is 0.305. The molecule has 1 amide bonds. The minimum Gasteiger partial charge on any atom is -0.496 e. The molecule has 0 unspecified atom stereocenters. The number of benzene rings is 1. The van der Waals surface area contributed by atoms with Gasteiger partial charge in [0, 0.05) is 23.3 Å². The SMILES string of the molecule is COc1ccc(Br)cc1C=NNC(=O)c1ccn(C)n1. The molecule has 1 aromatic carbocycles. The largest absolute Gasteiger partial charge is 0.496 e. The Morgan fingerprint density at radius 2 is 2.30 bits per heavy atom. The lowest BCUT2D eigenvalue weighted by Gasteiger charge is -2.04. The van der Waals surface area contributed by atoms with Crippen LogP contribution < -0.4 is 10.2 Å². The van der Waals surface area contributed by atoms with Crippen molar-refractivity contribution in [3.05, 3.63) is 46.2 Å². The third-order valence-electron chi connectivity index (χ3n) is 2.51. The second-order valence-electron chi connectivity index (χ2n) is 3.96. The molecule has 104 valence electrons. The molecule has 1 heterocycles. The second kappa shape index (κ2) is 6.33. The van der Waals surface area contributed by atoms with Crippen LogP contribution in [0.1, 0.15) is 16.1 Å². The number of nitrogens with zero attached hydrogens (tertiary/aromatic N) is 3. The third kappa shape index (κ3) is 3.45. The van der Waals surface area contributed by atoms with Crippen molar-refractivity contribution in [3.8, 4) is 5.75 Å². The topological polar surface area (TPSA) is 68.5 Å². The van der Waals surface area contributed by atoms with E-state index in [4.69, 9.17) is 4.74 Å². The van der Waals surface area contributed by atoms with Crippen LogP contribution in [0, 0.1) is 0 Å². The number of amides is 1. The van der Waals surface area contributed by atoms with Crippen LogP contribution in [0.4, 0.5) is 0 Å². The van der Waals surface area contributed by atoms with Gasteiger partial charge >= 0.3 is 0 Å². The van der Waals surface area contributed by atoms with Gasteiger partial charge in [-0.25, -0.2) is 5.43 Å². The van der Waals surface area contributed by atoms with E-state index < -0.39 is 0 Å². The van der Waals surface area contributed by atoms with Gasteiger partial charge in [0.2, 0.25) is 0 Å². The molecule has 0 bridgehead atoms. The number of methoxy groups -OCH3 is 1. The lowest BCUT2D eigenvalue weighted by Crippen LogP contribution is -2.18. The van der Waals surface area contributed by atoms with Crippen molar-refractivity contribution in [2.45, 2.75) is 0 Å². The number of rotatable bonds is 4. The molecule has 0 aliphatic heterocycles. The van der Waals surface area contributed by atoms with E-state index in [2.05, 4.69) is 31.6 Å². The van der Waals surface area contributed by atoms with Gasteiger partial charge in [0.25, 0.3) is 5.91 Å². The summed E-state index contributed by atoms with van der Waals surface area (Å²) in [5, 5.41) is 7.88. The Morgan fingerprint density at radius 1 is 1.50 bits per heavy atom. The molecule has 20 heavy (non-hydrogen) atoms. The Hall–Kier alpha value is -2.15. The van der Waals surface area contributed by atoms with Gasteiger partial charge in [0.15, 0.2) is 5.69 Å². The molecule has 0 fully saturated rings. The molecule has 1 N–H and O–H groups in total. The summed E-state index contributed by atoms with van der Waals surface area (Å²) in [6.07, 6.45) is 3.21. The first kappa shape index (κ1) is 14.3. The van der Waals surface area contributed by atoms with Crippen molar-refractivity contribution in [1.82, 2.24) is 15.2 Å². The maximum absolute atomic E-state index is 11.7. The highest BCUT2D eigenvalue weighted by atomic mass is 79.9. The van der Waals surface area contributed by atoms with Crippen LogP contribution in [0.3, 0.4) is 0 Å². The highest BCUT2D eigenvalue weighted by molar-refractivity contribution is 9.10. The zero-order valence-corrected chi connectivity index (χ0v) is 12.6. The average Bonchev–Trinajstić information content (AvgIpc) is 2.86. The number of carbonyl (C=O) groups excluding carboxylic acids is 1. The molecular formula is C13H13BrN4O2. The van der Waals surface area contributed by atoms with Crippen LogP contribution >= 0.6 is 15.9 Å². The second-order valence-corrected chi connectivity index (χ2v) is 4.88. The molecule has 2 aromatic rings. The fraction of sp³-hybridized carbons (Fsp3) is 0.154. The number of nitrogens with one attached hydrogen (secondary N) is 1. The van der Waals surface area contributed by atoms with Gasteiger partial charge in [-0.05, 0) is 24.3 Å². The van der Waals surface area contributed by atoms with Crippen LogP contribution in [-0.4, -0.2) is 29.0 Å². The fourth-order valence-electron chi connectivity index (χ4n) is 1.56. The Balaban J connectivity index is 2.07. The molecule has 0 atom stereocenters. The molecule has 0 saturated heterocycles. The third-order valence-corrected chi connectivity index (χ3v) is 3.00. The van der Waals surface area contributed by atoms with E-state index in [0.717, 1.165) is 10.0 Å². The standard InChI is InChI=1S/C13H13BrN4O2/c1-18-6-5-11(17-18)13(19)16-15-8-9-7-10(14)3-4-12(9)20-2/h3-8H,1-2H3,(H,16,19). The summed E-state index contributed by atoms with van der Waals surface area (Å²) in [6.45, 7) is 0. The minimum absolute atomic E-state index is 0.311. The van der Waals surface area contributed by atoms with Crippen LogP contribution in [0.5, 0.6) is 5.75 Å². The fourth-order valence-corrected chi connectivity index (χ4v) is 1.94. The van der Waals surface area contributed by atoms with E-state index in [9.17, 15) is 4.79 Å². The van der Waals surface area contributed by atoms with Gasteiger partial charge < -0.3 is 4.74 Å². The lowest BCUT2D eigenvalue weighted by molar-refractivity contribution is 0.0949. The van der Waals surface area contributed by atoms with Crippen LogP contribution in [0.2, 0.25) is 0 Å². The van der Waals surface area contributed by atoms with Crippen LogP contribution in [-0.2, 0) is 7.05 Å². The molecule has 0 spiro atoms. The number of aryl methyl sites for hydroxylation is 1. The summed E-state index contributed by atoms with van der Waals surface area (Å²) in [6, 6.07) is 7.13. The lowest BCUT2D eigenvalue weighted by atomic mass is 10.2. The van der Waals surface area contributed by atoms with Crippen molar-refractivity contribution in [2.24, 2.45) is 12.1 Å². The summed E-state index contributed by atoms with van der Waals surface area (Å²) < 4.78 is 7.66. The number of carbonyl (C=O) groups is 1. The van der Waals surface area contributed by atoms with Crippen molar-refractivity contribution in [2.75, 3.05) is 7.11 Å². The summed E-state index contributed by atoms with van der Waals surface area (Å²) in [7, 11) is 3.32. The van der Waals surface area contributed by atoms with E-state index >= 15 is 0 Å². The smallest absolute Gasteiger partial charge is 0.291 e. The number of ether oxygens (including phenoxy) is 1. The average molecular weight is 337 g/mol. The quantitative estimate of drug-likeness (QED) is 0.685. The van der Waals surface area contributed by atoms with Crippen molar-refractivity contribution in [1.29, 1.82) is 0 Å². The highest BCUT2D eigenvalue weighted by Crippen LogP contribution is 2.21. The predicted molar refractivity (Wildman–Crippen MR) is 79.0 cm³/mol. The normalized spacial score (nSPS) is 10.8. The Morgan fingerprint density at radius 3 is 2.95 bits per heavy atom. The Labute approximate surface area is 124 Å². The minimum atomic E-state index is -0.365. The number of hydrogen-bond donors (Lipinski definition) is 1. The number of hydrazone groups is 1. The molecule has 1 aromatic heterocycles. The monoisotopic (exact) mass is 336 g/mol. The number of halogens is 1. The summed E-state index contributed by atoms with van der Waals surface area (Å²) >= 11 is 3.37. The first-order chi connectivity index (χ1) is 9.60. The predicted octanol–water partition coefficient (Wildman–Crippen LogP) is 1.96. The first-order valence-electron chi connectivity index (χ1n) is 5.77. The molecule has 2 rings (SSSR count). The van der Waals surface area contributed by atoms with Crippen molar-refractivity contribution >= 4 is 28.1 Å². The number of hydrogen-bond acceptors (Lipinski definition) is 4. The van der Waals surface area contributed by atoms with Crippen molar-refractivity contribution in [3.63, 3.8) is 0 Å². The highest BCUT2D eigenvalue weighted by Gasteiger charge is 2.07. The van der Waals surface area contributed by atoms with Gasteiger partial charge in [-0.15, -0.1) is 0 Å². The van der Waals surface area contributed by atoms with Gasteiger partial charge in [-0.2, -0.15) is 10.2 Å². The Bertz CT molecular complexity index is 652. The van der Waals surface area contributed by atoms with Gasteiger partial charge in [-0.3, -0.25) is 9.48 Å². The van der Waals surface area contributed by atoms with Crippen LogP contribution in [0.15, 0.2) is 40.0 Å². The molecular weight excluding hydrogens is 324 g/mol. The van der Waals surface area contributed by atoms with Gasteiger partial charge in [0.05, 0.1) is 13.3 Å². The molecule has 7 heteroatoms.